The summed E-state index contributed by atoms with van der Waals surface area (Å²) in [4.78, 5) is 28.4. The molecule has 0 amide bonds. The third-order valence-corrected chi connectivity index (χ3v) is 14.5. The molecule has 4 fully saturated rings. The van der Waals surface area contributed by atoms with Crippen LogP contribution >= 0.6 is 0 Å². The summed E-state index contributed by atoms with van der Waals surface area (Å²) >= 11 is 0. The number of esters is 1. The third kappa shape index (κ3) is 3.82. The fraction of sp³-hybridized carbons (Fsp3) is 0.684. The summed E-state index contributed by atoms with van der Waals surface area (Å²) in [5.41, 5.74) is 5.06. The van der Waals surface area contributed by atoms with Gasteiger partial charge in [-0.25, -0.2) is 9.59 Å². The van der Waals surface area contributed by atoms with Crippen LogP contribution < -0.4 is 0 Å². The van der Waals surface area contributed by atoms with E-state index in [1.807, 2.05) is 18.2 Å². The van der Waals surface area contributed by atoms with Crippen molar-refractivity contribution < 1.29 is 14.3 Å². The van der Waals surface area contributed by atoms with Gasteiger partial charge in [-0.15, -0.1) is 0 Å². The molecule has 9 atom stereocenters. The lowest BCUT2D eigenvalue weighted by molar-refractivity contribution is -0.217. The summed E-state index contributed by atoms with van der Waals surface area (Å²) in [7, 11) is 1.43. The second-order valence-corrected chi connectivity index (χ2v) is 16.1. The molecule has 1 aromatic carbocycles. The maximum absolute atomic E-state index is 12.0. The molecule has 0 aliphatic heterocycles. The zero-order valence-corrected chi connectivity index (χ0v) is 27.0. The van der Waals surface area contributed by atoms with Crippen molar-refractivity contribution in [3.63, 3.8) is 0 Å². The van der Waals surface area contributed by atoms with Crippen molar-refractivity contribution >= 4 is 17.6 Å². The van der Waals surface area contributed by atoms with E-state index in [1.165, 1.54) is 49.5 Å². The largest absolute Gasteiger partial charge is 0.465 e. The molecule has 0 unspecified atom stereocenters. The number of isocyanates is 1. The lowest BCUT2D eigenvalue weighted by Crippen LogP contribution is -2.66. The van der Waals surface area contributed by atoms with Crippen LogP contribution in [0.5, 0.6) is 0 Å². The first-order valence-electron chi connectivity index (χ1n) is 16.4. The third-order valence-electron chi connectivity index (χ3n) is 14.5. The van der Waals surface area contributed by atoms with Crippen molar-refractivity contribution in [2.45, 2.75) is 105 Å². The molecule has 42 heavy (non-hydrogen) atoms. The lowest BCUT2D eigenvalue weighted by atomic mass is 9.33. The monoisotopic (exact) mass is 569 g/mol. The molecule has 4 heteroatoms. The van der Waals surface area contributed by atoms with E-state index in [2.05, 4.69) is 71.3 Å². The highest BCUT2D eigenvalue weighted by molar-refractivity contribution is 5.89. The smallest absolute Gasteiger partial charge is 0.337 e. The Morgan fingerprint density at radius 1 is 0.929 bits per heavy atom. The van der Waals surface area contributed by atoms with E-state index < -0.39 is 0 Å². The number of rotatable bonds is 4. The Morgan fingerprint density at radius 2 is 1.64 bits per heavy atom. The van der Waals surface area contributed by atoms with Gasteiger partial charge in [-0.2, -0.15) is 4.99 Å². The maximum Gasteiger partial charge on any atom is 0.337 e. The predicted octanol–water partition coefficient (Wildman–Crippen LogP) is 9.21. The number of carbonyl (C=O) groups is 1. The van der Waals surface area contributed by atoms with Gasteiger partial charge in [-0.1, -0.05) is 65.0 Å². The van der Waals surface area contributed by atoms with E-state index in [0.29, 0.717) is 35.2 Å². The van der Waals surface area contributed by atoms with E-state index in [9.17, 15) is 9.59 Å². The van der Waals surface area contributed by atoms with Crippen molar-refractivity contribution in [1.29, 1.82) is 0 Å². The Hall–Kier alpha value is -2.45. The minimum Gasteiger partial charge on any atom is -0.465 e. The first-order chi connectivity index (χ1) is 19.8. The first-order valence-corrected chi connectivity index (χ1v) is 16.4. The van der Waals surface area contributed by atoms with Crippen LogP contribution in [0.15, 0.2) is 47.5 Å². The van der Waals surface area contributed by atoms with E-state index in [0.717, 1.165) is 32.1 Å². The summed E-state index contributed by atoms with van der Waals surface area (Å²) in [5, 5.41) is 0. The molecular formula is C38H51NO3. The van der Waals surface area contributed by atoms with Crippen LogP contribution in [0.25, 0.3) is 5.57 Å². The van der Waals surface area contributed by atoms with Gasteiger partial charge in [0.25, 0.3) is 0 Å². The molecule has 0 N–H and O–H groups in total. The molecule has 4 nitrogen and oxygen atoms in total. The van der Waals surface area contributed by atoms with Crippen molar-refractivity contribution in [1.82, 2.24) is 0 Å². The van der Waals surface area contributed by atoms with Crippen molar-refractivity contribution in [2.24, 2.45) is 56.2 Å². The molecule has 1 aromatic rings. The van der Waals surface area contributed by atoms with Crippen molar-refractivity contribution in [3.05, 3.63) is 53.6 Å². The molecule has 5 aliphatic carbocycles. The van der Waals surface area contributed by atoms with Crippen LogP contribution in [0.2, 0.25) is 0 Å². The highest BCUT2D eigenvalue weighted by Crippen LogP contribution is 2.77. The van der Waals surface area contributed by atoms with Gasteiger partial charge in [-0.05, 0) is 139 Å². The number of hydrogen-bond donors (Lipinski definition) is 0. The maximum atomic E-state index is 12.0. The number of methoxy groups -OCH3 is 1. The number of fused-ring (bicyclic) bond motifs is 7. The van der Waals surface area contributed by atoms with Crippen LogP contribution in [0, 0.1) is 51.2 Å². The molecule has 226 valence electrons. The zero-order chi connectivity index (χ0) is 30.3. The number of nitrogens with zero attached hydrogens (tertiary/aromatic N) is 1. The Balaban J connectivity index is 1.36. The molecule has 5 aliphatic rings. The van der Waals surface area contributed by atoms with Gasteiger partial charge in [0.05, 0.1) is 18.2 Å². The average molecular weight is 570 g/mol. The molecule has 4 saturated carbocycles. The molecule has 0 heterocycles. The fourth-order valence-electron chi connectivity index (χ4n) is 12.4. The van der Waals surface area contributed by atoms with Gasteiger partial charge in [0.15, 0.2) is 0 Å². The zero-order valence-electron chi connectivity index (χ0n) is 27.0. The highest BCUT2D eigenvalue weighted by Gasteiger charge is 2.70. The van der Waals surface area contributed by atoms with Gasteiger partial charge in [0.1, 0.15) is 0 Å². The van der Waals surface area contributed by atoms with Crippen LogP contribution in [-0.4, -0.2) is 24.7 Å². The normalized spacial score (nSPS) is 43.4. The fourth-order valence-corrected chi connectivity index (χ4v) is 12.4. The minimum absolute atomic E-state index is 0.0375. The van der Waals surface area contributed by atoms with Crippen LogP contribution in [0.1, 0.15) is 115 Å². The summed E-state index contributed by atoms with van der Waals surface area (Å²) in [5.74, 6) is 2.43. The van der Waals surface area contributed by atoms with Crippen LogP contribution in [0.3, 0.4) is 0 Å². The number of carbonyl (C=O) groups excluding carboxylic acids is 2. The van der Waals surface area contributed by atoms with Gasteiger partial charge < -0.3 is 4.74 Å². The molecule has 0 saturated heterocycles. The molecule has 0 spiro atoms. The molecule has 6 rings (SSSR count). The summed E-state index contributed by atoms with van der Waals surface area (Å²) in [6.07, 6.45) is 15.0. The summed E-state index contributed by atoms with van der Waals surface area (Å²) in [6.45, 7) is 19.5. The summed E-state index contributed by atoms with van der Waals surface area (Å²) < 4.78 is 4.93. The molecule has 0 bridgehead atoms. The average Bonchev–Trinajstić information content (AvgIpc) is 3.33. The molecule has 0 radical (unpaired) electrons. The number of allylic oxidation sites excluding steroid dienone is 3. The Bertz CT molecular complexity index is 1370. The Morgan fingerprint density at radius 3 is 2.29 bits per heavy atom. The quantitative estimate of drug-likeness (QED) is 0.157. The van der Waals surface area contributed by atoms with Gasteiger partial charge >= 0.3 is 5.97 Å². The highest BCUT2D eigenvalue weighted by atomic mass is 16.5. The van der Waals surface area contributed by atoms with Crippen molar-refractivity contribution in [3.8, 4) is 0 Å². The number of ether oxygens (including phenoxy) is 1. The van der Waals surface area contributed by atoms with E-state index in [4.69, 9.17) is 4.74 Å². The second kappa shape index (κ2) is 9.78. The number of hydrogen-bond acceptors (Lipinski definition) is 4. The van der Waals surface area contributed by atoms with E-state index in [-0.39, 0.29) is 33.2 Å². The predicted molar refractivity (Wildman–Crippen MR) is 169 cm³/mol. The Labute approximate surface area is 253 Å². The second-order valence-electron chi connectivity index (χ2n) is 16.1. The standard InChI is InChI=1S/C38H51NO3/c1-24(2)27-15-20-38(39-23-40)22-21-36(6)29(32(27)38)13-14-31-35(5)18-16-28(25-9-11-26(12-10-25)33(41)42-8)34(3,4)30(35)17-19-37(31,36)7/h9-12,16,27,29-32H,1,13-15,17-22H2,2-8H3/t27-,29+,30-,31+,32+,35-,36+,37+,38+/m0/s1. The van der Waals surface area contributed by atoms with E-state index in [1.54, 1.807) is 0 Å². The number of benzene rings is 1. The topological polar surface area (TPSA) is 55.7 Å². The Kier molecular flexibility index (Phi) is 6.90. The first kappa shape index (κ1) is 29.6. The van der Waals surface area contributed by atoms with Crippen LogP contribution in [-0.2, 0) is 9.53 Å². The van der Waals surface area contributed by atoms with Gasteiger partial charge in [0, 0.05) is 0 Å². The molecular weight excluding hydrogens is 518 g/mol. The van der Waals surface area contributed by atoms with Gasteiger partial charge in [-0.3, -0.25) is 0 Å². The van der Waals surface area contributed by atoms with E-state index >= 15 is 0 Å². The van der Waals surface area contributed by atoms with Gasteiger partial charge in [0.2, 0.25) is 6.08 Å². The van der Waals surface area contributed by atoms with Crippen molar-refractivity contribution in [2.75, 3.05) is 7.11 Å². The van der Waals surface area contributed by atoms with Crippen LogP contribution in [0.4, 0.5) is 0 Å². The number of aliphatic imine (C=N–C) groups is 1. The minimum atomic E-state index is -0.285. The summed E-state index contributed by atoms with van der Waals surface area (Å²) in [6, 6.07) is 8.03. The SMILES string of the molecule is C=C(C)[C@@H]1CC[C@@]2(N=C=O)CC[C@]3(C)[C@H](CC[C@@H]4[C@@]5(C)CC=C(c6ccc(C(=O)OC)cc6)C(C)(C)[C@@H]5CC[C@]43C)[C@@H]12. The lowest BCUT2D eigenvalue weighted by Gasteiger charge is -2.72. The molecule has 0 aromatic heterocycles.